The molecule has 0 aliphatic carbocycles. The van der Waals surface area contributed by atoms with Crippen molar-refractivity contribution >= 4 is 35.2 Å². The Morgan fingerprint density at radius 2 is 2.14 bits per heavy atom. The summed E-state index contributed by atoms with van der Waals surface area (Å²) in [6.07, 6.45) is -4.54. The van der Waals surface area contributed by atoms with Crippen molar-refractivity contribution in [2.24, 2.45) is 0 Å². The van der Waals surface area contributed by atoms with Gasteiger partial charge >= 0.3 is 12.1 Å². The second-order valence-corrected chi connectivity index (χ2v) is 7.07. The first kappa shape index (κ1) is 16.4. The topological polar surface area (TPSA) is 49.3 Å². The van der Waals surface area contributed by atoms with Crippen LogP contribution in [0.15, 0.2) is 18.2 Å². The Morgan fingerprint density at radius 1 is 1.38 bits per heavy atom. The molecule has 3 nitrogen and oxygen atoms in total. The van der Waals surface area contributed by atoms with E-state index in [0.29, 0.717) is 17.9 Å². The number of hydrogen-bond acceptors (Lipinski definition) is 4. The van der Waals surface area contributed by atoms with Crippen LogP contribution in [0.4, 0.5) is 18.9 Å². The van der Waals surface area contributed by atoms with E-state index in [1.165, 1.54) is 6.07 Å². The molecule has 1 unspecified atom stereocenters. The fourth-order valence-electron chi connectivity index (χ4n) is 1.93. The predicted molar refractivity (Wildman–Crippen MR) is 80.5 cm³/mol. The first-order valence-electron chi connectivity index (χ1n) is 6.25. The number of carboxylic acid groups (broad SMARTS) is 1. The Hall–Kier alpha value is -1.02. The van der Waals surface area contributed by atoms with Gasteiger partial charge in [0.25, 0.3) is 0 Å². The van der Waals surface area contributed by atoms with Crippen LogP contribution in [-0.2, 0) is 6.18 Å². The molecule has 0 saturated carbocycles. The minimum Gasteiger partial charge on any atom is -0.478 e. The molecule has 1 atom stereocenters. The molecule has 0 bridgehead atoms. The maximum absolute atomic E-state index is 12.6. The normalized spacial score (nSPS) is 19.3. The summed E-state index contributed by atoms with van der Waals surface area (Å²) in [7, 11) is 0. The number of halogens is 3. The summed E-state index contributed by atoms with van der Waals surface area (Å²) in [6, 6.07) is 2.76. The van der Waals surface area contributed by atoms with Gasteiger partial charge in [-0.15, -0.1) is 0 Å². The predicted octanol–water partition coefficient (Wildman–Crippen LogP) is 3.66. The Kier molecular flexibility index (Phi) is 5.32. The van der Waals surface area contributed by atoms with Crippen LogP contribution in [0.2, 0.25) is 0 Å². The van der Waals surface area contributed by atoms with Crippen LogP contribution in [0.3, 0.4) is 0 Å². The molecule has 1 aliphatic rings. The zero-order valence-electron chi connectivity index (χ0n) is 10.9. The van der Waals surface area contributed by atoms with Gasteiger partial charge in [-0.05, 0) is 18.2 Å². The molecule has 0 amide bonds. The van der Waals surface area contributed by atoms with E-state index in [4.69, 9.17) is 5.11 Å². The average Bonchev–Trinajstić information content (AvgIpc) is 2.45. The molecule has 0 radical (unpaired) electrons. The van der Waals surface area contributed by atoms with E-state index < -0.39 is 17.7 Å². The molecule has 0 aromatic heterocycles. The minimum absolute atomic E-state index is 0.228. The summed E-state index contributed by atoms with van der Waals surface area (Å²) in [5, 5.41) is 12.4. The van der Waals surface area contributed by atoms with Crippen molar-refractivity contribution in [1.29, 1.82) is 0 Å². The van der Waals surface area contributed by atoms with Crippen LogP contribution in [0.1, 0.15) is 15.9 Å². The van der Waals surface area contributed by atoms with Gasteiger partial charge in [0.15, 0.2) is 0 Å². The number of benzene rings is 1. The third-order valence-electron chi connectivity index (χ3n) is 2.98. The smallest absolute Gasteiger partial charge is 0.416 e. The molecule has 1 aliphatic heterocycles. The van der Waals surface area contributed by atoms with Crippen molar-refractivity contribution in [2.45, 2.75) is 11.4 Å². The number of hydrogen-bond donors (Lipinski definition) is 2. The van der Waals surface area contributed by atoms with E-state index in [0.717, 1.165) is 23.3 Å². The highest BCUT2D eigenvalue weighted by Gasteiger charge is 2.31. The first-order valence-corrected chi connectivity index (χ1v) is 8.46. The maximum Gasteiger partial charge on any atom is 0.416 e. The van der Waals surface area contributed by atoms with Gasteiger partial charge in [0.1, 0.15) is 0 Å². The lowest BCUT2D eigenvalue weighted by atomic mass is 10.1. The number of anilines is 1. The van der Waals surface area contributed by atoms with Gasteiger partial charge in [-0.3, -0.25) is 0 Å². The molecule has 1 aromatic rings. The standard InChI is InChI=1S/C13H14F3NO2S2/c14-13(15,16)8-1-2-11(10(5-8)12(18)19)17-6-9-7-20-3-4-21-9/h1-2,5,9,17H,3-4,6-7H2,(H,18,19). The largest absolute Gasteiger partial charge is 0.478 e. The fraction of sp³-hybridized carbons (Fsp3) is 0.462. The summed E-state index contributed by atoms with van der Waals surface area (Å²) >= 11 is 3.62. The number of nitrogens with one attached hydrogen (secondary N) is 1. The number of aromatic carboxylic acids is 1. The van der Waals surface area contributed by atoms with E-state index in [9.17, 15) is 18.0 Å². The van der Waals surface area contributed by atoms with Crippen molar-refractivity contribution in [3.63, 3.8) is 0 Å². The van der Waals surface area contributed by atoms with Crippen LogP contribution in [0.25, 0.3) is 0 Å². The molecule has 2 rings (SSSR count). The van der Waals surface area contributed by atoms with Crippen molar-refractivity contribution < 1.29 is 23.1 Å². The maximum atomic E-state index is 12.6. The number of carboxylic acids is 1. The van der Waals surface area contributed by atoms with Crippen LogP contribution >= 0.6 is 23.5 Å². The summed E-state index contributed by atoms with van der Waals surface area (Å²) in [5.74, 6) is 1.73. The van der Waals surface area contributed by atoms with E-state index in [-0.39, 0.29) is 11.3 Å². The van der Waals surface area contributed by atoms with Gasteiger partial charge < -0.3 is 10.4 Å². The summed E-state index contributed by atoms with van der Waals surface area (Å²) < 4.78 is 37.9. The number of rotatable bonds is 4. The Balaban J connectivity index is 2.12. The lowest BCUT2D eigenvalue weighted by Crippen LogP contribution is -2.24. The number of thioether (sulfide) groups is 2. The monoisotopic (exact) mass is 337 g/mol. The fourth-order valence-corrected chi connectivity index (χ4v) is 4.54. The van der Waals surface area contributed by atoms with E-state index in [1.54, 1.807) is 11.8 Å². The third-order valence-corrected chi connectivity index (χ3v) is 5.83. The van der Waals surface area contributed by atoms with Crippen molar-refractivity contribution in [1.82, 2.24) is 0 Å². The summed E-state index contributed by atoms with van der Waals surface area (Å²) in [5.41, 5.74) is -1.07. The molecule has 1 fully saturated rings. The van der Waals surface area contributed by atoms with Crippen LogP contribution < -0.4 is 5.32 Å². The van der Waals surface area contributed by atoms with E-state index in [2.05, 4.69) is 5.32 Å². The Bertz CT molecular complexity index is 517. The molecule has 8 heteroatoms. The molecule has 0 spiro atoms. The molecule has 116 valence electrons. The molecule has 1 saturated heterocycles. The third kappa shape index (κ3) is 4.47. The van der Waals surface area contributed by atoms with Crippen molar-refractivity contribution in [2.75, 3.05) is 29.1 Å². The SMILES string of the molecule is O=C(O)c1cc(C(F)(F)F)ccc1NCC1CSCCS1. The highest BCUT2D eigenvalue weighted by Crippen LogP contribution is 2.32. The summed E-state index contributed by atoms with van der Waals surface area (Å²) in [4.78, 5) is 11.1. The van der Waals surface area contributed by atoms with Crippen LogP contribution in [0.5, 0.6) is 0 Å². The molecular formula is C13H14F3NO2S2. The van der Waals surface area contributed by atoms with Gasteiger partial charge in [-0.25, -0.2) is 4.79 Å². The molecule has 21 heavy (non-hydrogen) atoms. The zero-order valence-corrected chi connectivity index (χ0v) is 12.6. The van der Waals surface area contributed by atoms with Gasteiger partial charge in [-0.2, -0.15) is 36.7 Å². The molecule has 1 aromatic carbocycles. The average molecular weight is 337 g/mol. The first-order chi connectivity index (χ1) is 9.88. The van der Waals surface area contributed by atoms with Crippen molar-refractivity contribution in [3.05, 3.63) is 29.3 Å². The highest BCUT2D eigenvalue weighted by atomic mass is 32.2. The second-order valence-electron chi connectivity index (χ2n) is 4.51. The van der Waals surface area contributed by atoms with Gasteiger partial charge in [0, 0.05) is 34.7 Å². The quantitative estimate of drug-likeness (QED) is 0.878. The highest BCUT2D eigenvalue weighted by molar-refractivity contribution is 8.06. The lowest BCUT2D eigenvalue weighted by molar-refractivity contribution is -0.137. The Morgan fingerprint density at radius 3 is 2.71 bits per heavy atom. The molecular weight excluding hydrogens is 323 g/mol. The summed E-state index contributed by atoms with van der Waals surface area (Å²) in [6.45, 7) is 0.545. The van der Waals surface area contributed by atoms with Crippen LogP contribution in [-0.4, -0.2) is 40.1 Å². The zero-order chi connectivity index (χ0) is 15.5. The van der Waals surface area contributed by atoms with Crippen LogP contribution in [0, 0.1) is 0 Å². The minimum atomic E-state index is -4.54. The molecule has 2 N–H and O–H groups in total. The van der Waals surface area contributed by atoms with Gasteiger partial charge in [0.05, 0.1) is 11.1 Å². The second kappa shape index (κ2) is 6.83. The lowest BCUT2D eigenvalue weighted by Gasteiger charge is -2.22. The van der Waals surface area contributed by atoms with E-state index in [1.807, 2.05) is 11.8 Å². The van der Waals surface area contributed by atoms with Gasteiger partial charge in [-0.1, -0.05) is 0 Å². The Labute approximate surface area is 128 Å². The van der Waals surface area contributed by atoms with Crippen molar-refractivity contribution in [3.8, 4) is 0 Å². The number of carbonyl (C=O) groups is 1. The molecule has 1 heterocycles. The number of alkyl halides is 3. The van der Waals surface area contributed by atoms with E-state index >= 15 is 0 Å². The van der Waals surface area contributed by atoms with Gasteiger partial charge in [0.2, 0.25) is 0 Å².